The highest BCUT2D eigenvalue weighted by molar-refractivity contribution is 5.00. The van der Waals surface area contributed by atoms with Gasteiger partial charge in [-0.25, -0.2) is 0 Å². The maximum atomic E-state index is 3.68. The van der Waals surface area contributed by atoms with Crippen molar-refractivity contribution in [2.45, 2.75) is 71.0 Å². The van der Waals surface area contributed by atoms with Crippen LogP contribution in [0.4, 0.5) is 0 Å². The highest BCUT2D eigenvalue weighted by Gasteiger charge is 2.45. The van der Waals surface area contributed by atoms with E-state index in [4.69, 9.17) is 0 Å². The Morgan fingerprint density at radius 2 is 1.94 bits per heavy atom. The number of nitrogens with one attached hydrogen (secondary N) is 1. The predicted octanol–water partition coefficient (Wildman–Crippen LogP) is 2.88. The summed E-state index contributed by atoms with van der Waals surface area (Å²) in [6.07, 6.45) is 7.45. The van der Waals surface area contributed by atoms with Crippen molar-refractivity contribution in [1.29, 1.82) is 0 Å². The maximum Gasteiger partial charge on any atom is 0.0129 e. The zero-order chi connectivity index (χ0) is 12.7. The highest BCUT2D eigenvalue weighted by Crippen LogP contribution is 2.48. The van der Waals surface area contributed by atoms with Crippen molar-refractivity contribution in [3.63, 3.8) is 0 Å². The maximum absolute atomic E-state index is 3.68. The summed E-state index contributed by atoms with van der Waals surface area (Å²) >= 11 is 0. The molecule has 3 fully saturated rings. The number of rotatable bonds is 3. The Kier molecular flexibility index (Phi) is 3.68. The smallest absolute Gasteiger partial charge is 0.0129 e. The molecule has 0 aromatic heterocycles. The van der Waals surface area contributed by atoms with E-state index in [9.17, 15) is 0 Å². The molecule has 1 saturated heterocycles. The van der Waals surface area contributed by atoms with Gasteiger partial charge in [0.2, 0.25) is 0 Å². The first-order valence-corrected chi connectivity index (χ1v) is 8.19. The fourth-order valence-electron chi connectivity index (χ4n) is 5.03. The van der Waals surface area contributed by atoms with Gasteiger partial charge in [-0.3, -0.25) is 4.90 Å². The van der Waals surface area contributed by atoms with Crippen LogP contribution in [0.5, 0.6) is 0 Å². The first kappa shape index (κ1) is 12.9. The molecule has 0 amide bonds. The van der Waals surface area contributed by atoms with Crippen LogP contribution < -0.4 is 5.32 Å². The third-order valence-corrected chi connectivity index (χ3v) is 6.21. The number of piperidine rings is 1. The van der Waals surface area contributed by atoms with E-state index < -0.39 is 0 Å². The second kappa shape index (κ2) is 5.13. The van der Waals surface area contributed by atoms with Gasteiger partial charge in [0.15, 0.2) is 0 Å². The molecule has 3 aliphatic rings. The Hall–Kier alpha value is -0.0800. The third-order valence-electron chi connectivity index (χ3n) is 6.21. The molecule has 18 heavy (non-hydrogen) atoms. The summed E-state index contributed by atoms with van der Waals surface area (Å²) in [5.74, 6) is 2.92. The van der Waals surface area contributed by atoms with Gasteiger partial charge in [0.25, 0.3) is 0 Å². The van der Waals surface area contributed by atoms with Gasteiger partial charge in [0.05, 0.1) is 0 Å². The zero-order valence-corrected chi connectivity index (χ0v) is 12.4. The molecular weight excluding hydrogens is 220 g/mol. The topological polar surface area (TPSA) is 15.3 Å². The highest BCUT2D eigenvalue weighted by atomic mass is 15.2. The van der Waals surface area contributed by atoms with Gasteiger partial charge in [-0.05, 0) is 56.9 Å². The molecule has 2 nitrogen and oxygen atoms in total. The van der Waals surface area contributed by atoms with Gasteiger partial charge in [-0.1, -0.05) is 20.3 Å². The molecule has 6 unspecified atom stereocenters. The van der Waals surface area contributed by atoms with Gasteiger partial charge in [0.1, 0.15) is 0 Å². The molecule has 1 N–H and O–H groups in total. The molecular formula is C16H30N2. The number of likely N-dealkylation sites (tertiary alicyclic amines) is 1. The minimum atomic E-state index is 0.750. The van der Waals surface area contributed by atoms with E-state index in [1.54, 1.807) is 6.42 Å². The molecule has 0 aromatic rings. The van der Waals surface area contributed by atoms with Crippen LogP contribution in [0.15, 0.2) is 0 Å². The molecule has 2 aliphatic carbocycles. The Bertz CT molecular complexity index is 291. The lowest BCUT2D eigenvalue weighted by Gasteiger charge is -2.48. The van der Waals surface area contributed by atoms with Crippen molar-refractivity contribution >= 4 is 0 Å². The second-order valence-electron chi connectivity index (χ2n) is 7.03. The SMILES string of the molecule is CCNC1CCN(C2CC3CCC2C3)C(C)C1C. The standard InChI is InChI=1S/C16H30N2/c1-4-17-15-7-8-18(12(3)11(15)2)16-10-13-5-6-14(16)9-13/h11-17H,4-10H2,1-3H3. The number of hydrogen-bond donors (Lipinski definition) is 1. The lowest BCUT2D eigenvalue weighted by atomic mass is 9.83. The Morgan fingerprint density at radius 1 is 1.11 bits per heavy atom. The summed E-state index contributed by atoms with van der Waals surface area (Å²) in [4.78, 5) is 2.88. The van der Waals surface area contributed by atoms with Gasteiger partial charge in [0, 0.05) is 24.7 Å². The molecule has 3 rings (SSSR count). The molecule has 104 valence electrons. The lowest BCUT2D eigenvalue weighted by molar-refractivity contribution is 0.0254. The van der Waals surface area contributed by atoms with Gasteiger partial charge < -0.3 is 5.32 Å². The van der Waals surface area contributed by atoms with Crippen LogP contribution in [-0.2, 0) is 0 Å². The fourth-order valence-corrected chi connectivity index (χ4v) is 5.03. The van der Waals surface area contributed by atoms with E-state index in [-0.39, 0.29) is 0 Å². The summed E-state index contributed by atoms with van der Waals surface area (Å²) in [7, 11) is 0. The Morgan fingerprint density at radius 3 is 2.56 bits per heavy atom. The van der Waals surface area contributed by atoms with E-state index in [1.807, 2.05) is 0 Å². The summed E-state index contributed by atoms with van der Waals surface area (Å²) in [5.41, 5.74) is 0. The number of fused-ring (bicyclic) bond motifs is 2. The van der Waals surface area contributed by atoms with E-state index >= 15 is 0 Å². The molecule has 2 bridgehead atoms. The zero-order valence-electron chi connectivity index (χ0n) is 12.4. The quantitative estimate of drug-likeness (QED) is 0.828. The van der Waals surface area contributed by atoms with Crippen LogP contribution >= 0.6 is 0 Å². The van der Waals surface area contributed by atoms with Crippen molar-refractivity contribution < 1.29 is 0 Å². The van der Waals surface area contributed by atoms with Crippen LogP contribution in [0.25, 0.3) is 0 Å². The van der Waals surface area contributed by atoms with Crippen molar-refractivity contribution in [3.05, 3.63) is 0 Å². The molecule has 0 spiro atoms. The second-order valence-corrected chi connectivity index (χ2v) is 7.03. The largest absolute Gasteiger partial charge is 0.314 e. The lowest BCUT2D eigenvalue weighted by Crippen LogP contribution is -2.57. The van der Waals surface area contributed by atoms with Crippen LogP contribution in [0.3, 0.4) is 0 Å². The molecule has 6 atom stereocenters. The van der Waals surface area contributed by atoms with Crippen molar-refractivity contribution in [1.82, 2.24) is 10.2 Å². The first-order valence-electron chi connectivity index (χ1n) is 8.19. The van der Waals surface area contributed by atoms with Crippen molar-refractivity contribution in [2.24, 2.45) is 17.8 Å². The minimum Gasteiger partial charge on any atom is -0.314 e. The number of hydrogen-bond acceptors (Lipinski definition) is 2. The summed E-state index contributed by atoms with van der Waals surface area (Å²) in [6.45, 7) is 9.62. The molecule has 2 heteroatoms. The summed E-state index contributed by atoms with van der Waals surface area (Å²) < 4.78 is 0. The number of nitrogens with zero attached hydrogens (tertiary/aromatic N) is 1. The minimum absolute atomic E-state index is 0.750. The summed E-state index contributed by atoms with van der Waals surface area (Å²) in [5, 5.41) is 3.68. The fraction of sp³-hybridized carbons (Fsp3) is 1.00. The van der Waals surface area contributed by atoms with Gasteiger partial charge >= 0.3 is 0 Å². The first-order chi connectivity index (χ1) is 8.70. The van der Waals surface area contributed by atoms with E-state index in [0.29, 0.717) is 0 Å². The van der Waals surface area contributed by atoms with Crippen molar-refractivity contribution in [2.75, 3.05) is 13.1 Å². The van der Waals surface area contributed by atoms with Crippen LogP contribution in [0.1, 0.15) is 52.9 Å². The normalized spacial score (nSPS) is 48.8. The van der Waals surface area contributed by atoms with Crippen molar-refractivity contribution in [3.8, 4) is 0 Å². The van der Waals surface area contributed by atoms with Crippen LogP contribution in [0, 0.1) is 17.8 Å². The van der Waals surface area contributed by atoms with Crippen LogP contribution in [-0.4, -0.2) is 36.1 Å². The predicted molar refractivity (Wildman–Crippen MR) is 76.6 cm³/mol. The molecule has 0 aromatic carbocycles. The van der Waals surface area contributed by atoms with E-state index in [2.05, 4.69) is 31.0 Å². The van der Waals surface area contributed by atoms with Gasteiger partial charge in [-0.2, -0.15) is 0 Å². The Balaban J connectivity index is 1.64. The average molecular weight is 250 g/mol. The molecule has 2 saturated carbocycles. The molecule has 1 aliphatic heterocycles. The Labute approximate surface area is 113 Å². The molecule has 0 radical (unpaired) electrons. The average Bonchev–Trinajstić information content (AvgIpc) is 2.98. The molecule has 1 heterocycles. The van der Waals surface area contributed by atoms with Gasteiger partial charge in [-0.15, -0.1) is 0 Å². The third kappa shape index (κ3) is 2.12. The van der Waals surface area contributed by atoms with E-state index in [0.717, 1.165) is 42.4 Å². The monoisotopic (exact) mass is 250 g/mol. The van der Waals surface area contributed by atoms with Crippen LogP contribution in [0.2, 0.25) is 0 Å². The summed E-state index contributed by atoms with van der Waals surface area (Å²) in [6, 6.07) is 2.45. The van der Waals surface area contributed by atoms with E-state index in [1.165, 1.54) is 32.2 Å².